The molecule has 0 amide bonds. The Morgan fingerprint density at radius 3 is 2.10 bits per heavy atom. The number of alkyl halides is 3. The summed E-state index contributed by atoms with van der Waals surface area (Å²) >= 11 is 0. The molecule has 0 aliphatic carbocycles. The second-order valence-electron chi connectivity index (χ2n) is 6.56. The van der Waals surface area contributed by atoms with Crippen LogP contribution in [-0.2, 0) is 20.8 Å². The molecule has 1 aromatic carbocycles. The minimum atomic E-state index is -4.92. The van der Waals surface area contributed by atoms with E-state index in [1.807, 2.05) is 0 Å². The minimum Gasteiger partial charge on any atom is -0.480 e. The zero-order valence-electron chi connectivity index (χ0n) is 15.8. The van der Waals surface area contributed by atoms with Crippen molar-refractivity contribution >= 4 is 15.8 Å². The first-order chi connectivity index (χ1) is 13.9. The van der Waals surface area contributed by atoms with E-state index in [0.717, 1.165) is 13.2 Å². The van der Waals surface area contributed by atoms with Crippen molar-refractivity contribution in [1.29, 1.82) is 0 Å². The smallest absolute Gasteiger partial charge is 0.433 e. The Bertz CT molecular complexity index is 1190. The van der Waals surface area contributed by atoms with Crippen molar-refractivity contribution in [2.45, 2.75) is 24.0 Å². The lowest BCUT2D eigenvalue weighted by molar-refractivity contribution is -0.148. The highest BCUT2D eigenvalue weighted by Gasteiger charge is 2.42. The molecule has 1 atom stereocenters. The number of sulfone groups is 1. The first kappa shape index (κ1) is 21.5. The molecule has 0 radical (unpaired) electrons. The lowest BCUT2D eigenvalue weighted by Crippen LogP contribution is -2.23. The average Bonchev–Trinajstić information content (AvgIpc) is 3.08. The Labute approximate surface area is 169 Å². The molecule has 7 nitrogen and oxygen atoms in total. The van der Waals surface area contributed by atoms with Gasteiger partial charge in [-0.05, 0) is 36.8 Å². The molecule has 0 saturated carbocycles. The van der Waals surface area contributed by atoms with E-state index in [9.17, 15) is 31.5 Å². The first-order valence-electron chi connectivity index (χ1n) is 8.54. The van der Waals surface area contributed by atoms with E-state index >= 15 is 0 Å². The lowest BCUT2D eigenvalue weighted by atomic mass is 9.99. The highest BCUT2D eigenvalue weighted by Crippen LogP contribution is 2.43. The molecule has 0 bridgehead atoms. The minimum absolute atomic E-state index is 0.0466. The molecule has 2 aromatic heterocycles. The van der Waals surface area contributed by atoms with Crippen molar-refractivity contribution in [2.75, 3.05) is 6.26 Å². The standard InChI is InChI=1S/C19H16F3N3O4S/c1-11(18(26)27)25-17(19(20,21)22)15(16(24-25)13-7-9-23-10-8-13)12-3-5-14(6-4-12)30(2,28)29/h3-11H,1-2H3,(H,26,27). The number of pyridine rings is 1. The van der Waals surface area contributed by atoms with Gasteiger partial charge >= 0.3 is 12.1 Å². The molecular weight excluding hydrogens is 423 g/mol. The third kappa shape index (κ3) is 4.06. The van der Waals surface area contributed by atoms with Crippen LogP contribution in [-0.4, -0.2) is 40.5 Å². The predicted molar refractivity (Wildman–Crippen MR) is 101 cm³/mol. The molecule has 11 heteroatoms. The van der Waals surface area contributed by atoms with Gasteiger partial charge in [-0.3, -0.25) is 4.98 Å². The van der Waals surface area contributed by atoms with Gasteiger partial charge in [-0.2, -0.15) is 18.3 Å². The molecule has 0 spiro atoms. The van der Waals surface area contributed by atoms with Crippen LogP contribution in [0.15, 0.2) is 53.7 Å². The average molecular weight is 439 g/mol. The number of nitrogens with zero attached hydrogens (tertiary/aromatic N) is 3. The van der Waals surface area contributed by atoms with Crippen molar-refractivity contribution in [3.8, 4) is 22.4 Å². The quantitative estimate of drug-likeness (QED) is 0.651. The number of benzene rings is 1. The van der Waals surface area contributed by atoms with Gasteiger partial charge in [0.05, 0.1) is 4.90 Å². The third-order valence-corrected chi connectivity index (χ3v) is 5.56. The number of rotatable bonds is 5. The van der Waals surface area contributed by atoms with E-state index in [1.165, 1.54) is 48.8 Å². The summed E-state index contributed by atoms with van der Waals surface area (Å²) < 4.78 is 66.0. The highest BCUT2D eigenvalue weighted by molar-refractivity contribution is 7.90. The van der Waals surface area contributed by atoms with Crippen LogP contribution in [0.25, 0.3) is 22.4 Å². The summed E-state index contributed by atoms with van der Waals surface area (Å²) in [6, 6.07) is 6.18. The molecule has 158 valence electrons. The Balaban J connectivity index is 2.37. The maximum Gasteiger partial charge on any atom is 0.433 e. The van der Waals surface area contributed by atoms with Gasteiger partial charge in [-0.25, -0.2) is 17.9 Å². The monoisotopic (exact) mass is 439 g/mol. The number of hydrogen-bond acceptors (Lipinski definition) is 5. The summed E-state index contributed by atoms with van der Waals surface area (Å²) in [6.45, 7) is 1.09. The molecule has 0 aliphatic rings. The molecule has 0 fully saturated rings. The van der Waals surface area contributed by atoms with E-state index in [4.69, 9.17) is 0 Å². The molecular formula is C19H16F3N3O4S. The number of aliphatic carboxylic acids is 1. The van der Waals surface area contributed by atoms with Crippen LogP contribution in [0.4, 0.5) is 13.2 Å². The van der Waals surface area contributed by atoms with E-state index in [0.29, 0.717) is 10.2 Å². The maximum atomic E-state index is 14.1. The van der Waals surface area contributed by atoms with Crippen molar-refractivity contribution < 1.29 is 31.5 Å². The van der Waals surface area contributed by atoms with Crippen LogP contribution in [0.1, 0.15) is 18.7 Å². The van der Waals surface area contributed by atoms with Gasteiger partial charge in [0, 0.05) is 29.8 Å². The molecule has 3 aromatic rings. The molecule has 0 aliphatic heterocycles. The van der Waals surface area contributed by atoms with E-state index in [1.54, 1.807) is 0 Å². The number of aromatic nitrogens is 3. The van der Waals surface area contributed by atoms with E-state index in [2.05, 4.69) is 10.1 Å². The van der Waals surface area contributed by atoms with Gasteiger partial charge in [0.25, 0.3) is 0 Å². The summed E-state index contributed by atoms with van der Waals surface area (Å²) in [4.78, 5) is 15.2. The summed E-state index contributed by atoms with van der Waals surface area (Å²) in [5.41, 5.74) is -1.33. The van der Waals surface area contributed by atoms with Crippen LogP contribution < -0.4 is 0 Å². The number of carboxylic acids is 1. The zero-order chi connectivity index (χ0) is 22.3. The molecule has 0 saturated heterocycles. The van der Waals surface area contributed by atoms with Gasteiger partial charge in [0.1, 0.15) is 11.7 Å². The number of hydrogen-bond donors (Lipinski definition) is 1. The third-order valence-electron chi connectivity index (χ3n) is 4.43. The molecule has 2 heterocycles. The van der Waals surface area contributed by atoms with Crippen LogP contribution in [0.3, 0.4) is 0 Å². The molecule has 1 N–H and O–H groups in total. The summed E-state index contributed by atoms with van der Waals surface area (Å²) in [6.07, 6.45) is -1.19. The van der Waals surface area contributed by atoms with Crippen LogP contribution in [0.2, 0.25) is 0 Å². The van der Waals surface area contributed by atoms with E-state index in [-0.39, 0.29) is 21.7 Å². The van der Waals surface area contributed by atoms with Gasteiger partial charge < -0.3 is 5.11 Å². The normalized spacial score (nSPS) is 13.2. The fourth-order valence-corrected chi connectivity index (χ4v) is 3.58. The highest BCUT2D eigenvalue weighted by atomic mass is 32.2. The fraction of sp³-hybridized carbons (Fsp3) is 0.211. The molecule has 30 heavy (non-hydrogen) atoms. The lowest BCUT2D eigenvalue weighted by Gasteiger charge is -2.15. The summed E-state index contributed by atoms with van der Waals surface area (Å²) in [5, 5.41) is 13.3. The first-order valence-corrected chi connectivity index (χ1v) is 10.4. The molecule has 3 rings (SSSR count). The van der Waals surface area contributed by atoms with E-state index < -0.39 is 33.7 Å². The maximum absolute atomic E-state index is 14.1. The van der Waals surface area contributed by atoms with Crippen molar-refractivity contribution in [2.24, 2.45) is 0 Å². The van der Waals surface area contributed by atoms with Crippen molar-refractivity contribution in [1.82, 2.24) is 14.8 Å². The number of carbonyl (C=O) groups is 1. The Hall–Kier alpha value is -3.21. The Morgan fingerprint density at radius 1 is 1.07 bits per heavy atom. The number of carboxylic acid groups (broad SMARTS) is 1. The summed E-state index contributed by atoms with van der Waals surface area (Å²) in [5.74, 6) is -1.48. The van der Waals surface area contributed by atoms with Crippen molar-refractivity contribution in [3.63, 3.8) is 0 Å². The molecule has 1 unspecified atom stereocenters. The van der Waals surface area contributed by atoms with Crippen molar-refractivity contribution in [3.05, 3.63) is 54.5 Å². The van der Waals surface area contributed by atoms with Gasteiger partial charge in [-0.1, -0.05) is 12.1 Å². The van der Waals surface area contributed by atoms with Crippen LogP contribution in [0, 0.1) is 0 Å². The predicted octanol–water partition coefficient (Wildman–Crippen LogP) is 3.68. The zero-order valence-corrected chi connectivity index (χ0v) is 16.6. The Morgan fingerprint density at radius 2 is 1.63 bits per heavy atom. The second kappa shape index (κ2) is 7.56. The van der Waals surface area contributed by atoms with Gasteiger partial charge in [-0.15, -0.1) is 0 Å². The second-order valence-corrected chi connectivity index (χ2v) is 8.58. The Kier molecular flexibility index (Phi) is 5.42. The van der Waals surface area contributed by atoms with Gasteiger partial charge in [0.15, 0.2) is 15.5 Å². The van der Waals surface area contributed by atoms with Gasteiger partial charge in [0.2, 0.25) is 0 Å². The SMILES string of the molecule is CC(C(=O)O)n1nc(-c2ccncc2)c(-c2ccc(S(C)(=O)=O)cc2)c1C(F)(F)F. The summed E-state index contributed by atoms with van der Waals surface area (Å²) in [7, 11) is -3.55. The fourth-order valence-electron chi connectivity index (χ4n) is 2.95. The van der Waals surface area contributed by atoms with Crippen LogP contribution >= 0.6 is 0 Å². The van der Waals surface area contributed by atoms with Crippen LogP contribution in [0.5, 0.6) is 0 Å². The largest absolute Gasteiger partial charge is 0.480 e. The topological polar surface area (TPSA) is 102 Å². The number of halogens is 3.